The van der Waals surface area contributed by atoms with Gasteiger partial charge in [-0.05, 0) is 20.5 Å². The van der Waals surface area contributed by atoms with Gasteiger partial charge in [-0.3, -0.25) is 0 Å². The largest absolute Gasteiger partial charge is 0.448 e. The van der Waals surface area contributed by atoms with E-state index in [1.807, 2.05) is 14.0 Å². The van der Waals surface area contributed by atoms with E-state index in [1.54, 1.807) is 0 Å². The summed E-state index contributed by atoms with van der Waals surface area (Å²) in [6.45, 7) is 6.75. The van der Waals surface area contributed by atoms with Crippen molar-refractivity contribution in [2.75, 3.05) is 33.3 Å². The zero-order chi connectivity index (χ0) is 9.40. The SMILES string of the molecule is CCNC(=O)OCCN(C)CC. The third kappa shape index (κ3) is 5.97. The van der Waals surface area contributed by atoms with Crippen molar-refractivity contribution in [2.45, 2.75) is 13.8 Å². The summed E-state index contributed by atoms with van der Waals surface area (Å²) in [6, 6.07) is 0. The van der Waals surface area contributed by atoms with E-state index < -0.39 is 0 Å². The van der Waals surface area contributed by atoms with Gasteiger partial charge in [0.2, 0.25) is 0 Å². The Bertz CT molecular complexity index is 128. The molecule has 0 aliphatic carbocycles. The molecule has 1 amide bonds. The minimum Gasteiger partial charge on any atom is -0.448 e. The Balaban J connectivity index is 3.24. The summed E-state index contributed by atoms with van der Waals surface area (Å²) in [4.78, 5) is 12.8. The number of hydrogen-bond acceptors (Lipinski definition) is 3. The van der Waals surface area contributed by atoms with Crippen LogP contribution in [0.4, 0.5) is 4.79 Å². The summed E-state index contributed by atoms with van der Waals surface area (Å²) < 4.78 is 4.86. The normalized spacial score (nSPS) is 10.0. The predicted octanol–water partition coefficient (Wildman–Crippen LogP) is 0.684. The molecule has 1 N–H and O–H groups in total. The lowest BCUT2D eigenvalue weighted by Crippen LogP contribution is -2.28. The van der Waals surface area contributed by atoms with Crippen molar-refractivity contribution in [3.8, 4) is 0 Å². The summed E-state index contributed by atoms with van der Waals surface area (Å²) in [5.74, 6) is 0. The van der Waals surface area contributed by atoms with Crippen molar-refractivity contribution < 1.29 is 9.53 Å². The fourth-order valence-corrected chi connectivity index (χ4v) is 0.648. The third-order valence-corrected chi connectivity index (χ3v) is 1.57. The Hall–Kier alpha value is -0.770. The molecule has 0 saturated carbocycles. The van der Waals surface area contributed by atoms with Crippen LogP contribution in [0.25, 0.3) is 0 Å². The van der Waals surface area contributed by atoms with E-state index in [4.69, 9.17) is 4.74 Å². The number of rotatable bonds is 5. The average molecular weight is 174 g/mol. The summed E-state index contributed by atoms with van der Waals surface area (Å²) in [7, 11) is 1.99. The molecule has 12 heavy (non-hydrogen) atoms. The molecule has 0 heterocycles. The van der Waals surface area contributed by atoms with Gasteiger partial charge in [0.25, 0.3) is 0 Å². The van der Waals surface area contributed by atoms with Gasteiger partial charge in [-0.2, -0.15) is 0 Å². The molecule has 0 aromatic rings. The van der Waals surface area contributed by atoms with Crippen LogP contribution in [0, 0.1) is 0 Å². The molecule has 0 radical (unpaired) electrons. The van der Waals surface area contributed by atoms with Gasteiger partial charge >= 0.3 is 6.09 Å². The standard InChI is InChI=1S/C8H18N2O2/c1-4-9-8(11)12-7-6-10(3)5-2/h4-7H2,1-3H3,(H,9,11). The fraction of sp³-hybridized carbons (Fsp3) is 0.875. The number of amides is 1. The highest BCUT2D eigenvalue weighted by atomic mass is 16.5. The van der Waals surface area contributed by atoms with Crippen molar-refractivity contribution in [3.05, 3.63) is 0 Å². The van der Waals surface area contributed by atoms with Crippen molar-refractivity contribution >= 4 is 6.09 Å². The molecule has 0 unspecified atom stereocenters. The second-order valence-corrected chi connectivity index (χ2v) is 2.56. The van der Waals surface area contributed by atoms with Crippen LogP contribution in [0.5, 0.6) is 0 Å². The third-order valence-electron chi connectivity index (χ3n) is 1.57. The van der Waals surface area contributed by atoms with E-state index in [0.29, 0.717) is 13.2 Å². The molecule has 0 aliphatic heterocycles. The minimum atomic E-state index is -0.331. The number of carbonyl (C=O) groups is 1. The maximum Gasteiger partial charge on any atom is 0.407 e. The van der Waals surface area contributed by atoms with Crippen molar-refractivity contribution in [2.24, 2.45) is 0 Å². The van der Waals surface area contributed by atoms with Gasteiger partial charge in [0, 0.05) is 13.1 Å². The number of alkyl carbamates (subject to hydrolysis) is 1. The van der Waals surface area contributed by atoms with Crippen molar-refractivity contribution in [1.82, 2.24) is 10.2 Å². The maximum absolute atomic E-state index is 10.8. The number of likely N-dealkylation sites (N-methyl/N-ethyl adjacent to an activating group) is 1. The number of hydrogen-bond donors (Lipinski definition) is 1. The van der Waals surface area contributed by atoms with Crippen LogP contribution in [0.15, 0.2) is 0 Å². The highest BCUT2D eigenvalue weighted by Gasteiger charge is 1.99. The van der Waals surface area contributed by atoms with Gasteiger partial charge in [-0.15, -0.1) is 0 Å². The van der Waals surface area contributed by atoms with Gasteiger partial charge in [0.15, 0.2) is 0 Å². The first-order chi connectivity index (χ1) is 5.70. The van der Waals surface area contributed by atoms with Crippen LogP contribution >= 0.6 is 0 Å². The first-order valence-electron chi connectivity index (χ1n) is 4.29. The number of nitrogens with zero attached hydrogens (tertiary/aromatic N) is 1. The lowest BCUT2D eigenvalue weighted by molar-refractivity contribution is 0.134. The van der Waals surface area contributed by atoms with Crippen molar-refractivity contribution in [1.29, 1.82) is 0 Å². The van der Waals surface area contributed by atoms with E-state index in [2.05, 4.69) is 17.1 Å². The Morgan fingerprint density at radius 3 is 2.67 bits per heavy atom. The lowest BCUT2D eigenvalue weighted by Gasteiger charge is -2.13. The lowest BCUT2D eigenvalue weighted by atomic mass is 10.5. The molecule has 0 atom stereocenters. The Morgan fingerprint density at radius 1 is 1.50 bits per heavy atom. The first kappa shape index (κ1) is 11.2. The summed E-state index contributed by atoms with van der Waals surface area (Å²) in [6.07, 6.45) is -0.331. The highest BCUT2D eigenvalue weighted by molar-refractivity contribution is 5.66. The molecule has 4 heteroatoms. The van der Waals surface area contributed by atoms with Gasteiger partial charge < -0.3 is 15.0 Å². The van der Waals surface area contributed by atoms with Crippen LogP contribution in [0.1, 0.15) is 13.8 Å². The number of nitrogens with one attached hydrogen (secondary N) is 1. The molecular formula is C8H18N2O2. The molecule has 0 aliphatic rings. The zero-order valence-corrected chi connectivity index (χ0v) is 8.09. The van der Waals surface area contributed by atoms with E-state index in [0.717, 1.165) is 13.1 Å². The molecule has 0 aromatic heterocycles. The molecule has 0 fully saturated rings. The molecule has 72 valence electrons. The average Bonchev–Trinajstić information content (AvgIpc) is 2.04. The van der Waals surface area contributed by atoms with Gasteiger partial charge in [0.05, 0.1) is 0 Å². The molecular weight excluding hydrogens is 156 g/mol. The summed E-state index contributed by atoms with van der Waals surface area (Å²) >= 11 is 0. The van der Waals surface area contributed by atoms with Gasteiger partial charge in [-0.1, -0.05) is 6.92 Å². The first-order valence-corrected chi connectivity index (χ1v) is 4.29. The summed E-state index contributed by atoms with van der Waals surface area (Å²) in [5, 5.41) is 2.56. The van der Waals surface area contributed by atoms with Crippen LogP contribution < -0.4 is 5.32 Å². The minimum absolute atomic E-state index is 0.331. The molecule has 4 nitrogen and oxygen atoms in total. The molecule has 0 saturated heterocycles. The topological polar surface area (TPSA) is 41.6 Å². The number of ether oxygens (including phenoxy) is 1. The Kier molecular flexibility index (Phi) is 6.47. The van der Waals surface area contributed by atoms with E-state index in [9.17, 15) is 4.79 Å². The van der Waals surface area contributed by atoms with Gasteiger partial charge in [0.1, 0.15) is 6.61 Å². The zero-order valence-electron chi connectivity index (χ0n) is 8.09. The smallest absolute Gasteiger partial charge is 0.407 e. The van der Waals surface area contributed by atoms with Crippen molar-refractivity contribution in [3.63, 3.8) is 0 Å². The molecule has 0 aromatic carbocycles. The Morgan fingerprint density at radius 2 is 2.17 bits per heavy atom. The fourth-order valence-electron chi connectivity index (χ4n) is 0.648. The van der Waals surface area contributed by atoms with Crippen LogP contribution in [0.3, 0.4) is 0 Å². The van der Waals surface area contributed by atoms with Crippen LogP contribution in [-0.2, 0) is 4.74 Å². The predicted molar refractivity (Wildman–Crippen MR) is 48.2 cm³/mol. The Labute approximate surface area is 73.9 Å². The second kappa shape index (κ2) is 6.91. The quantitative estimate of drug-likeness (QED) is 0.666. The van der Waals surface area contributed by atoms with Crippen LogP contribution in [0.2, 0.25) is 0 Å². The van der Waals surface area contributed by atoms with E-state index in [1.165, 1.54) is 0 Å². The summed E-state index contributed by atoms with van der Waals surface area (Å²) in [5.41, 5.74) is 0. The molecule has 0 spiro atoms. The van der Waals surface area contributed by atoms with Gasteiger partial charge in [-0.25, -0.2) is 4.79 Å². The van der Waals surface area contributed by atoms with Crippen LogP contribution in [-0.4, -0.2) is 44.3 Å². The number of carbonyl (C=O) groups excluding carboxylic acids is 1. The second-order valence-electron chi connectivity index (χ2n) is 2.56. The molecule has 0 bridgehead atoms. The van der Waals surface area contributed by atoms with E-state index in [-0.39, 0.29) is 6.09 Å². The van der Waals surface area contributed by atoms with E-state index >= 15 is 0 Å². The maximum atomic E-state index is 10.8. The molecule has 0 rings (SSSR count). The monoisotopic (exact) mass is 174 g/mol. The highest BCUT2D eigenvalue weighted by Crippen LogP contribution is 1.82.